The lowest BCUT2D eigenvalue weighted by atomic mass is 9.85. The monoisotopic (exact) mass is 295 g/mol. The number of nitrogens with one attached hydrogen (secondary N) is 1. The maximum atomic E-state index is 9.45. The first-order chi connectivity index (χ1) is 9.78. The molecule has 1 fully saturated rings. The van der Waals surface area contributed by atoms with E-state index in [0.717, 1.165) is 18.7 Å². The van der Waals surface area contributed by atoms with E-state index in [2.05, 4.69) is 23.7 Å². The van der Waals surface area contributed by atoms with E-state index in [1.54, 1.807) is 18.9 Å². The van der Waals surface area contributed by atoms with Gasteiger partial charge in [-0.2, -0.15) is 0 Å². The first-order valence-electron chi connectivity index (χ1n) is 7.33. The van der Waals surface area contributed by atoms with Crippen LogP contribution in [0.5, 0.6) is 5.75 Å². The molecule has 0 amide bonds. The van der Waals surface area contributed by atoms with E-state index in [0.29, 0.717) is 18.6 Å². The third kappa shape index (κ3) is 3.90. The Morgan fingerprint density at radius 3 is 2.85 bits per heavy atom. The quantitative estimate of drug-likeness (QED) is 0.792. The Kier molecular flexibility index (Phi) is 6.20. The molecule has 20 heavy (non-hydrogen) atoms. The Balaban J connectivity index is 1.96. The van der Waals surface area contributed by atoms with E-state index in [-0.39, 0.29) is 0 Å². The van der Waals surface area contributed by atoms with Crippen LogP contribution in [0.25, 0.3) is 0 Å². The summed E-state index contributed by atoms with van der Waals surface area (Å²) in [4.78, 5) is 1.18. The molecule has 2 N–H and O–H groups in total. The number of benzene rings is 1. The summed E-state index contributed by atoms with van der Waals surface area (Å²) in [7, 11) is 1.71. The molecule has 0 aromatic heterocycles. The van der Waals surface area contributed by atoms with Crippen molar-refractivity contribution in [2.45, 2.75) is 43.2 Å². The van der Waals surface area contributed by atoms with Crippen molar-refractivity contribution in [3.63, 3.8) is 0 Å². The van der Waals surface area contributed by atoms with E-state index in [1.165, 1.54) is 29.7 Å². The zero-order valence-electron chi connectivity index (χ0n) is 12.4. The molecule has 3 nitrogen and oxygen atoms in total. The topological polar surface area (TPSA) is 41.5 Å². The summed E-state index contributed by atoms with van der Waals surface area (Å²) in [5.74, 6) is 1.36. The predicted octanol–water partition coefficient (Wildman–Crippen LogP) is 3.06. The highest BCUT2D eigenvalue weighted by Gasteiger charge is 2.23. The van der Waals surface area contributed by atoms with Crippen LogP contribution in [0.1, 0.15) is 31.2 Å². The molecule has 1 aliphatic carbocycles. The molecule has 1 aromatic rings. The van der Waals surface area contributed by atoms with Crippen LogP contribution in [0, 0.1) is 5.92 Å². The molecule has 0 bridgehead atoms. The molecule has 1 aromatic carbocycles. The summed E-state index contributed by atoms with van der Waals surface area (Å²) in [6, 6.07) is 6.79. The minimum absolute atomic E-state index is 0.302. The van der Waals surface area contributed by atoms with E-state index >= 15 is 0 Å². The van der Waals surface area contributed by atoms with Crippen LogP contribution in [0.15, 0.2) is 23.1 Å². The van der Waals surface area contributed by atoms with Gasteiger partial charge in [-0.1, -0.05) is 18.9 Å². The van der Waals surface area contributed by atoms with Crippen LogP contribution in [0.3, 0.4) is 0 Å². The van der Waals surface area contributed by atoms with Gasteiger partial charge in [0.1, 0.15) is 5.75 Å². The third-order valence-electron chi connectivity index (χ3n) is 4.16. The second-order valence-corrected chi connectivity index (χ2v) is 6.25. The maximum Gasteiger partial charge on any atom is 0.132 e. The Hall–Kier alpha value is -0.710. The highest BCUT2D eigenvalue weighted by Crippen LogP contribution is 2.29. The smallest absolute Gasteiger partial charge is 0.132 e. The van der Waals surface area contributed by atoms with Gasteiger partial charge < -0.3 is 15.2 Å². The summed E-state index contributed by atoms with van der Waals surface area (Å²) in [5.41, 5.74) is 1.28. The average Bonchev–Trinajstić information content (AvgIpc) is 2.52. The van der Waals surface area contributed by atoms with Crippen LogP contribution in [0.2, 0.25) is 0 Å². The molecular weight excluding hydrogens is 270 g/mol. The number of ether oxygens (including phenoxy) is 1. The van der Waals surface area contributed by atoms with Crippen LogP contribution in [-0.4, -0.2) is 31.1 Å². The van der Waals surface area contributed by atoms with E-state index < -0.39 is 0 Å². The van der Waals surface area contributed by atoms with Crippen LogP contribution in [-0.2, 0) is 6.54 Å². The van der Waals surface area contributed by atoms with E-state index in [4.69, 9.17) is 4.74 Å². The van der Waals surface area contributed by atoms with Crippen LogP contribution >= 0.6 is 11.8 Å². The Morgan fingerprint density at radius 2 is 2.15 bits per heavy atom. The average molecular weight is 295 g/mol. The highest BCUT2D eigenvalue weighted by molar-refractivity contribution is 7.98. The molecule has 0 heterocycles. The number of thioether (sulfide) groups is 1. The number of aliphatic hydroxyl groups is 1. The van der Waals surface area contributed by atoms with Gasteiger partial charge in [-0.25, -0.2) is 0 Å². The van der Waals surface area contributed by atoms with Gasteiger partial charge in [-0.3, -0.25) is 0 Å². The lowest BCUT2D eigenvalue weighted by Crippen LogP contribution is -2.39. The molecule has 1 aliphatic rings. The van der Waals surface area contributed by atoms with Crippen molar-refractivity contribution in [3.05, 3.63) is 23.8 Å². The largest absolute Gasteiger partial charge is 0.496 e. The molecule has 0 spiro atoms. The minimum Gasteiger partial charge on any atom is -0.496 e. The molecule has 4 heteroatoms. The number of hydrogen-bond donors (Lipinski definition) is 2. The second-order valence-electron chi connectivity index (χ2n) is 5.40. The number of hydrogen-bond acceptors (Lipinski definition) is 4. The van der Waals surface area contributed by atoms with Gasteiger partial charge in [0, 0.05) is 24.1 Å². The van der Waals surface area contributed by atoms with Gasteiger partial charge in [0.25, 0.3) is 0 Å². The molecular formula is C16H25NO2S. The Bertz CT molecular complexity index is 425. The minimum atomic E-state index is 0.302. The van der Waals surface area contributed by atoms with Crippen molar-refractivity contribution >= 4 is 11.8 Å². The first kappa shape index (κ1) is 15.7. The Labute approximate surface area is 126 Å². The summed E-state index contributed by atoms with van der Waals surface area (Å²) in [6.45, 7) is 1.16. The van der Waals surface area contributed by atoms with Crippen molar-refractivity contribution in [1.82, 2.24) is 5.32 Å². The molecule has 2 unspecified atom stereocenters. The molecule has 1 saturated carbocycles. The van der Waals surface area contributed by atoms with Crippen molar-refractivity contribution in [3.8, 4) is 5.75 Å². The van der Waals surface area contributed by atoms with Crippen molar-refractivity contribution in [1.29, 1.82) is 0 Å². The molecule has 0 radical (unpaired) electrons. The summed E-state index contributed by atoms with van der Waals surface area (Å²) in [5, 5.41) is 13.1. The zero-order chi connectivity index (χ0) is 14.4. The summed E-state index contributed by atoms with van der Waals surface area (Å²) >= 11 is 1.71. The fourth-order valence-electron chi connectivity index (χ4n) is 2.93. The van der Waals surface area contributed by atoms with Gasteiger partial charge in [-0.05, 0) is 42.7 Å². The fourth-order valence-corrected chi connectivity index (χ4v) is 3.56. The molecule has 0 saturated heterocycles. The standard InChI is InChI=1S/C16H25NO2S/c1-19-15-8-7-12(9-16(15)20-2)10-17-14-6-4-3-5-13(14)11-18/h7-9,13-14,17-18H,3-6,10-11H2,1-2H3. The highest BCUT2D eigenvalue weighted by atomic mass is 32.2. The van der Waals surface area contributed by atoms with Crippen molar-refractivity contribution < 1.29 is 9.84 Å². The lowest BCUT2D eigenvalue weighted by molar-refractivity contribution is 0.152. The molecule has 2 rings (SSSR count). The van der Waals surface area contributed by atoms with Crippen LogP contribution in [0.4, 0.5) is 0 Å². The van der Waals surface area contributed by atoms with Gasteiger partial charge in [0.2, 0.25) is 0 Å². The van der Waals surface area contributed by atoms with Gasteiger partial charge >= 0.3 is 0 Å². The zero-order valence-corrected chi connectivity index (χ0v) is 13.2. The van der Waals surface area contributed by atoms with Gasteiger partial charge in [0.05, 0.1) is 7.11 Å². The lowest BCUT2D eigenvalue weighted by Gasteiger charge is -2.31. The SMILES string of the molecule is COc1ccc(CNC2CCCCC2CO)cc1SC. The number of rotatable bonds is 6. The van der Waals surface area contributed by atoms with Crippen molar-refractivity contribution in [2.24, 2.45) is 5.92 Å². The Morgan fingerprint density at radius 1 is 1.35 bits per heavy atom. The van der Waals surface area contributed by atoms with Gasteiger partial charge in [0.15, 0.2) is 0 Å². The number of aliphatic hydroxyl groups excluding tert-OH is 1. The summed E-state index contributed by atoms with van der Waals surface area (Å²) < 4.78 is 5.35. The maximum absolute atomic E-state index is 9.45. The third-order valence-corrected chi connectivity index (χ3v) is 4.92. The summed E-state index contributed by atoms with van der Waals surface area (Å²) in [6.07, 6.45) is 6.91. The first-order valence-corrected chi connectivity index (χ1v) is 8.56. The van der Waals surface area contributed by atoms with Gasteiger partial charge in [-0.15, -0.1) is 11.8 Å². The number of methoxy groups -OCH3 is 1. The van der Waals surface area contributed by atoms with E-state index in [1.807, 2.05) is 6.07 Å². The molecule has 0 aliphatic heterocycles. The molecule has 2 atom stereocenters. The second kappa shape index (κ2) is 7.91. The normalized spacial score (nSPS) is 22.8. The van der Waals surface area contributed by atoms with E-state index in [9.17, 15) is 5.11 Å². The fraction of sp³-hybridized carbons (Fsp3) is 0.625. The predicted molar refractivity (Wildman–Crippen MR) is 84.4 cm³/mol. The van der Waals surface area contributed by atoms with Crippen LogP contribution < -0.4 is 10.1 Å². The molecule has 112 valence electrons. The van der Waals surface area contributed by atoms with Crippen molar-refractivity contribution in [2.75, 3.05) is 20.0 Å².